The molecule has 0 aromatic carbocycles. The summed E-state index contributed by atoms with van der Waals surface area (Å²) in [4.78, 5) is 36.0. The molecule has 0 fully saturated rings. The molecule has 5 nitrogen and oxygen atoms in total. The molecule has 0 unspecified atom stereocenters. The van der Waals surface area contributed by atoms with Crippen LogP contribution in [0.2, 0.25) is 0 Å². The number of pyridine rings is 1. The summed E-state index contributed by atoms with van der Waals surface area (Å²) in [6, 6.07) is 4.13. The van der Waals surface area contributed by atoms with Crippen LogP contribution >= 0.6 is 22.7 Å². The van der Waals surface area contributed by atoms with E-state index in [9.17, 15) is 9.59 Å². The summed E-state index contributed by atoms with van der Waals surface area (Å²) in [7, 11) is 0. The summed E-state index contributed by atoms with van der Waals surface area (Å²) in [5.41, 5.74) is 3.37. The third kappa shape index (κ3) is 1.94. The van der Waals surface area contributed by atoms with Crippen molar-refractivity contribution in [3.8, 4) is 10.4 Å². The van der Waals surface area contributed by atoms with E-state index in [0.717, 1.165) is 47.2 Å². The van der Waals surface area contributed by atoms with E-state index in [0.29, 0.717) is 10.2 Å². The number of aromatic amines is 2. The highest BCUT2D eigenvalue weighted by molar-refractivity contribution is 7.25. The number of hydrogen-bond acceptors (Lipinski definition) is 5. The number of rotatable bonds is 1. The van der Waals surface area contributed by atoms with Crippen molar-refractivity contribution < 1.29 is 0 Å². The molecule has 0 amide bonds. The molecule has 4 aromatic rings. The van der Waals surface area contributed by atoms with Gasteiger partial charge in [0.25, 0.3) is 5.56 Å². The highest BCUT2D eigenvalue weighted by Gasteiger charge is 2.23. The van der Waals surface area contributed by atoms with E-state index in [1.807, 2.05) is 6.07 Å². The maximum atomic E-state index is 12.2. The highest BCUT2D eigenvalue weighted by Crippen LogP contribution is 2.43. The van der Waals surface area contributed by atoms with Crippen molar-refractivity contribution >= 4 is 43.1 Å². The molecular weight excluding hydrogens is 342 g/mol. The highest BCUT2D eigenvalue weighted by atomic mass is 32.1. The van der Waals surface area contributed by atoms with Crippen LogP contribution in [0.4, 0.5) is 0 Å². The van der Waals surface area contributed by atoms with E-state index >= 15 is 0 Å². The molecule has 1 aliphatic carbocycles. The molecule has 5 rings (SSSR count). The fourth-order valence-corrected chi connectivity index (χ4v) is 5.42. The van der Waals surface area contributed by atoms with E-state index in [1.54, 1.807) is 11.3 Å². The van der Waals surface area contributed by atoms with Gasteiger partial charge in [0.05, 0.1) is 5.52 Å². The van der Waals surface area contributed by atoms with Crippen molar-refractivity contribution in [3.05, 3.63) is 49.6 Å². The fourth-order valence-electron chi connectivity index (χ4n) is 3.56. The summed E-state index contributed by atoms with van der Waals surface area (Å²) in [5, 5.41) is 2.97. The molecule has 4 aromatic heterocycles. The van der Waals surface area contributed by atoms with Gasteiger partial charge in [0, 0.05) is 21.5 Å². The Hall–Kier alpha value is -2.25. The quantitative estimate of drug-likeness (QED) is 0.549. The van der Waals surface area contributed by atoms with Gasteiger partial charge < -0.3 is 4.98 Å². The largest absolute Gasteiger partial charge is 0.326 e. The first-order chi connectivity index (χ1) is 11.7. The zero-order valence-electron chi connectivity index (χ0n) is 12.6. The first-order valence-electron chi connectivity index (χ1n) is 7.87. The van der Waals surface area contributed by atoms with Gasteiger partial charge in [0.2, 0.25) is 0 Å². The second-order valence-corrected chi connectivity index (χ2v) is 7.94. The number of nitrogens with one attached hydrogen (secondary N) is 2. The summed E-state index contributed by atoms with van der Waals surface area (Å²) in [6.45, 7) is 0. The van der Waals surface area contributed by atoms with Crippen molar-refractivity contribution in [2.75, 3.05) is 0 Å². The van der Waals surface area contributed by atoms with Crippen LogP contribution in [0.3, 0.4) is 0 Å². The van der Waals surface area contributed by atoms with Crippen LogP contribution in [-0.4, -0.2) is 15.0 Å². The average Bonchev–Trinajstić information content (AvgIpc) is 3.21. The maximum Gasteiger partial charge on any atom is 0.326 e. The van der Waals surface area contributed by atoms with E-state index in [2.05, 4.69) is 21.4 Å². The Morgan fingerprint density at radius 2 is 2.00 bits per heavy atom. The van der Waals surface area contributed by atoms with Crippen molar-refractivity contribution in [2.45, 2.75) is 25.7 Å². The van der Waals surface area contributed by atoms with Gasteiger partial charge in [0.1, 0.15) is 9.53 Å². The van der Waals surface area contributed by atoms with Crippen molar-refractivity contribution in [2.24, 2.45) is 0 Å². The Morgan fingerprint density at radius 3 is 2.83 bits per heavy atom. The summed E-state index contributed by atoms with van der Waals surface area (Å²) in [6.07, 6.45) is 4.27. The van der Waals surface area contributed by atoms with Gasteiger partial charge in [-0.05, 0) is 42.7 Å². The predicted octanol–water partition coefficient (Wildman–Crippen LogP) is 3.43. The summed E-state index contributed by atoms with van der Waals surface area (Å²) in [5.74, 6) is 0. The molecule has 0 bridgehead atoms. The van der Waals surface area contributed by atoms with Crippen molar-refractivity contribution in [1.29, 1.82) is 0 Å². The number of aryl methyl sites for hydroxylation is 1. The summed E-state index contributed by atoms with van der Waals surface area (Å²) < 4.78 is 0.539. The van der Waals surface area contributed by atoms with Gasteiger partial charge in [-0.2, -0.15) is 0 Å². The molecule has 0 spiro atoms. The number of fused-ring (bicyclic) bond motifs is 4. The lowest BCUT2D eigenvalue weighted by Crippen LogP contribution is -2.20. The minimum absolute atomic E-state index is 0.341. The van der Waals surface area contributed by atoms with Crippen LogP contribution in [0.1, 0.15) is 24.1 Å². The zero-order valence-corrected chi connectivity index (χ0v) is 14.3. The van der Waals surface area contributed by atoms with E-state index in [4.69, 9.17) is 4.98 Å². The molecule has 2 N–H and O–H groups in total. The molecule has 0 atom stereocenters. The molecule has 0 saturated heterocycles. The van der Waals surface area contributed by atoms with E-state index in [1.165, 1.54) is 21.8 Å². The van der Waals surface area contributed by atoms with Crippen LogP contribution in [0.15, 0.2) is 27.1 Å². The molecule has 7 heteroatoms. The molecule has 4 heterocycles. The number of aromatic nitrogens is 3. The lowest BCUT2D eigenvalue weighted by molar-refractivity contribution is 0.673. The molecule has 0 saturated carbocycles. The summed E-state index contributed by atoms with van der Waals surface area (Å²) >= 11 is 3.04. The van der Waals surface area contributed by atoms with Gasteiger partial charge >= 0.3 is 5.69 Å². The molecule has 0 radical (unpaired) electrons. The second kappa shape index (κ2) is 5.12. The molecule has 24 heavy (non-hydrogen) atoms. The lowest BCUT2D eigenvalue weighted by Gasteiger charge is -2.19. The molecular formula is C17H13N3O2S2. The van der Waals surface area contributed by atoms with Crippen LogP contribution in [0.25, 0.3) is 30.9 Å². The zero-order chi connectivity index (χ0) is 16.3. The number of nitrogens with zero attached hydrogens (tertiary/aromatic N) is 1. The Morgan fingerprint density at radius 1 is 1.12 bits per heavy atom. The SMILES string of the molecule is O=c1[nH]c(=O)c2sc3nc4c(c(-c5cccs5)c3c2[nH]1)CCCC4. The number of hydrogen-bond donors (Lipinski definition) is 2. The van der Waals surface area contributed by atoms with Gasteiger partial charge in [-0.3, -0.25) is 9.78 Å². The standard InChI is InChI=1S/C17H13N3O2S2/c21-15-14-13(19-17(22)20-15)12-11(10-6-3-7-23-10)8-4-1-2-5-9(8)18-16(12)24-14/h3,6-7H,1-2,4-5H2,(H2,19,20,21,22). The van der Waals surface area contributed by atoms with Crippen molar-refractivity contribution in [3.63, 3.8) is 0 Å². The smallest absolute Gasteiger partial charge is 0.305 e. The monoisotopic (exact) mass is 355 g/mol. The minimum Gasteiger partial charge on any atom is -0.305 e. The minimum atomic E-state index is -0.470. The topological polar surface area (TPSA) is 78.6 Å². The number of thiophene rings is 2. The van der Waals surface area contributed by atoms with Crippen molar-refractivity contribution in [1.82, 2.24) is 15.0 Å². The predicted molar refractivity (Wildman–Crippen MR) is 98.3 cm³/mol. The van der Waals surface area contributed by atoms with Crippen LogP contribution in [0, 0.1) is 0 Å². The Labute approximate surface area is 144 Å². The van der Waals surface area contributed by atoms with Gasteiger partial charge in [0.15, 0.2) is 0 Å². The Bertz CT molecular complexity index is 1200. The lowest BCUT2D eigenvalue weighted by atomic mass is 9.90. The normalized spacial score (nSPS) is 14.3. The van der Waals surface area contributed by atoms with Crippen LogP contribution in [-0.2, 0) is 12.8 Å². The number of H-pyrrole nitrogens is 2. The third-order valence-corrected chi connectivity index (χ3v) is 6.53. The maximum absolute atomic E-state index is 12.2. The van der Waals surface area contributed by atoms with Gasteiger partial charge in [-0.25, -0.2) is 9.78 Å². The van der Waals surface area contributed by atoms with Crippen LogP contribution in [0.5, 0.6) is 0 Å². The van der Waals surface area contributed by atoms with Gasteiger partial charge in [-0.15, -0.1) is 22.7 Å². The second-order valence-electron chi connectivity index (χ2n) is 5.99. The van der Waals surface area contributed by atoms with E-state index in [-0.39, 0.29) is 5.56 Å². The van der Waals surface area contributed by atoms with E-state index < -0.39 is 5.69 Å². The fraction of sp³-hybridized carbons (Fsp3) is 0.235. The first kappa shape index (κ1) is 14.1. The molecule has 0 aliphatic heterocycles. The first-order valence-corrected chi connectivity index (χ1v) is 9.56. The molecule has 1 aliphatic rings. The Kier molecular flexibility index (Phi) is 3.01. The third-order valence-electron chi connectivity index (χ3n) is 4.56. The average molecular weight is 355 g/mol. The molecule has 120 valence electrons. The van der Waals surface area contributed by atoms with Gasteiger partial charge in [-0.1, -0.05) is 6.07 Å². The Balaban J connectivity index is 2.05. The van der Waals surface area contributed by atoms with Crippen LogP contribution < -0.4 is 11.2 Å².